The molecule has 1 atom stereocenters. The Labute approximate surface area is 168 Å². The summed E-state index contributed by atoms with van der Waals surface area (Å²) < 4.78 is 7.43. The zero-order valence-corrected chi connectivity index (χ0v) is 16.5. The highest BCUT2D eigenvalue weighted by molar-refractivity contribution is 6.31. The molecule has 0 saturated heterocycles. The second kappa shape index (κ2) is 12.6. The molecule has 2 aromatic rings. The molecular weight excluding hydrogens is 388 g/mol. The first-order valence-electron chi connectivity index (χ1n) is 8.56. The molecule has 0 aliphatic heterocycles. The van der Waals surface area contributed by atoms with Crippen molar-refractivity contribution in [1.29, 1.82) is 0 Å². The molecule has 2 rings (SSSR count). The Kier molecular flexibility index (Phi) is 10.4. The molecule has 28 heavy (non-hydrogen) atoms. The Morgan fingerprint density at radius 2 is 2.14 bits per heavy atom. The number of imidazole rings is 1. The molecule has 4 N–H and O–H groups in total. The number of aromatic nitrogens is 2. The van der Waals surface area contributed by atoms with Crippen molar-refractivity contribution < 1.29 is 24.5 Å². The number of halogens is 1. The summed E-state index contributed by atoms with van der Waals surface area (Å²) in [5, 5.41) is 22.8. The van der Waals surface area contributed by atoms with Crippen LogP contribution in [0.15, 0.2) is 30.7 Å². The third-order valence-electron chi connectivity index (χ3n) is 3.64. The van der Waals surface area contributed by atoms with Crippen LogP contribution in [0.5, 0.6) is 5.75 Å². The van der Waals surface area contributed by atoms with Crippen LogP contribution in [0.1, 0.15) is 18.2 Å². The van der Waals surface area contributed by atoms with Crippen LogP contribution >= 0.6 is 11.6 Å². The number of nitrogens with zero attached hydrogens (tertiary/aromatic N) is 2. The van der Waals surface area contributed by atoms with Crippen molar-refractivity contribution in [3.05, 3.63) is 47.0 Å². The molecule has 0 bridgehead atoms. The summed E-state index contributed by atoms with van der Waals surface area (Å²) in [6, 6.07) is 4.92. The normalized spacial score (nSPS) is 11.0. The zero-order chi connectivity index (χ0) is 20.9. The number of carboxylic acid groups (broad SMARTS) is 1. The van der Waals surface area contributed by atoms with E-state index in [9.17, 15) is 9.90 Å². The number of benzene rings is 1. The van der Waals surface area contributed by atoms with E-state index in [4.69, 9.17) is 26.2 Å². The van der Waals surface area contributed by atoms with Crippen LogP contribution in [-0.4, -0.2) is 51.5 Å². The van der Waals surface area contributed by atoms with Crippen LogP contribution in [0.3, 0.4) is 0 Å². The second-order valence-electron chi connectivity index (χ2n) is 5.72. The van der Waals surface area contributed by atoms with Gasteiger partial charge in [0.15, 0.2) is 0 Å². The average molecular weight is 413 g/mol. The van der Waals surface area contributed by atoms with Crippen molar-refractivity contribution in [3.8, 4) is 5.75 Å². The SMILES string of the molecule is CCn1cncc1CNC(=O)NCC(O)COc1ccc(Cl)c(C)c1.O=CO. The number of hydrogen-bond donors (Lipinski definition) is 4. The average Bonchev–Trinajstić information content (AvgIpc) is 3.14. The number of rotatable bonds is 8. The van der Waals surface area contributed by atoms with Crippen LogP contribution in [-0.2, 0) is 17.9 Å². The van der Waals surface area contributed by atoms with E-state index >= 15 is 0 Å². The molecule has 1 aromatic heterocycles. The quantitative estimate of drug-likeness (QED) is 0.490. The van der Waals surface area contributed by atoms with E-state index in [0.717, 1.165) is 17.8 Å². The number of hydrogen-bond acceptors (Lipinski definition) is 5. The van der Waals surface area contributed by atoms with Gasteiger partial charge in [-0.2, -0.15) is 0 Å². The number of amides is 2. The fourth-order valence-corrected chi connectivity index (χ4v) is 2.30. The van der Waals surface area contributed by atoms with Gasteiger partial charge in [0.25, 0.3) is 6.47 Å². The lowest BCUT2D eigenvalue weighted by Gasteiger charge is -2.14. The van der Waals surface area contributed by atoms with Gasteiger partial charge in [-0.05, 0) is 37.6 Å². The molecule has 0 saturated carbocycles. The molecule has 1 unspecified atom stereocenters. The highest BCUT2D eigenvalue weighted by atomic mass is 35.5. The Balaban J connectivity index is 0.00000122. The van der Waals surface area contributed by atoms with Crippen molar-refractivity contribution in [3.63, 3.8) is 0 Å². The highest BCUT2D eigenvalue weighted by Gasteiger charge is 2.09. The van der Waals surface area contributed by atoms with E-state index in [-0.39, 0.29) is 25.7 Å². The van der Waals surface area contributed by atoms with Crippen LogP contribution in [0, 0.1) is 6.92 Å². The minimum atomic E-state index is -0.817. The summed E-state index contributed by atoms with van der Waals surface area (Å²) in [4.78, 5) is 24.2. The monoisotopic (exact) mass is 412 g/mol. The second-order valence-corrected chi connectivity index (χ2v) is 6.12. The standard InChI is InChI=1S/C17H23ClN4O3.CH2O2/c1-3-22-11-19-7-13(22)8-20-17(24)21-9-14(23)10-25-15-4-5-16(18)12(2)6-15;2-1-3/h4-7,11,14,23H,3,8-10H2,1-2H3,(H2,20,21,24);1H,(H,2,3). The van der Waals surface area contributed by atoms with Crippen LogP contribution in [0.25, 0.3) is 0 Å². The fraction of sp³-hybridized carbons (Fsp3) is 0.389. The molecule has 0 spiro atoms. The molecule has 154 valence electrons. The molecule has 10 heteroatoms. The van der Waals surface area contributed by atoms with Gasteiger partial charge in [-0.25, -0.2) is 9.78 Å². The van der Waals surface area contributed by atoms with E-state index in [1.54, 1.807) is 30.7 Å². The first-order chi connectivity index (χ1) is 13.4. The van der Waals surface area contributed by atoms with Gasteiger partial charge < -0.3 is 30.2 Å². The van der Waals surface area contributed by atoms with Crippen molar-refractivity contribution in [2.24, 2.45) is 0 Å². The number of ether oxygens (including phenoxy) is 1. The summed E-state index contributed by atoms with van der Waals surface area (Å²) in [5.41, 5.74) is 1.82. The fourth-order valence-electron chi connectivity index (χ4n) is 2.18. The Morgan fingerprint density at radius 1 is 1.43 bits per heavy atom. The summed E-state index contributed by atoms with van der Waals surface area (Å²) in [6.07, 6.45) is 2.61. The van der Waals surface area contributed by atoms with Crippen LogP contribution in [0.4, 0.5) is 4.79 Å². The topological polar surface area (TPSA) is 126 Å². The maximum absolute atomic E-state index is 11.8. The predicted octanol–water partition coefficient (Wildman–Crippen LogP) is 1.80. The summed E-state index contributed by atoms with van der Waals surface area (Å²) >= 11 is 5.95. The number of aliphatic hydroxyl groups excluding tert-OH is 1. The molecule has 2 amide bonds. The first kappa shape index (κ1) is 23.3. The van der Waals surface area contributed by atoms with Gasteiger partial charge in [0.05, 0.1) is 18.6 Å². The minimum Gasteiger partial charge on any atom is -0.491 e. The third kappa shape index (κ3) is 8.28. The number of carbonyl (C=O) groups excluding carboxylic acids is 1. The molecule has 0 fully saturated rings. The first-order valence-corrected chi connectivity index (χ1v) is 8.94. The van der Waals surface area contributed by atoms with Gasteiger partial charge in [0, 0.05) is 24.3 Å². The number of nitrogens with one attached hydrogen (secondary N) is 2. The Hall–Kier alpha value is -2.78. The van der Waals surface area contributed by atoms with Gasteiger partial charge in [0.1, 0.15) is 18.5 Å². The Morgan fingerprint density at radius 3 is 2.79 bits per heavy atom. The van der Waals surface area contributed by atoms with E-state index in [1.807, 2.05) is 18.4 Å². The lowest BCUT2D eigenvalue weighted by atomic mass is 10.2. The highest BCUT2D eigenvalue weighted by Crippen LogP contribution is 2.21. The van der Waals surface area contributed by atoms with E-state index in [1.165, 1.54) is 0 Å². The van der Waals surface area contributed by atoms with Gasteiger partial charge in [-0.15, -0.1) is 0 Å². The van der Waals surface area contributed by atoms with Crippen molar-refractivity contribution in [2.75, 3.05) is 13.2 Å². The van der Waals surface area contributed by atoms with Gasteiger partial charge in [0.2, 0.25) is 0 Å². The van der Waals surface area contributed by atoms with Crippen molar-refractivity contribution in [1.82, 2.24) is 20.2 Å². The largest absolute Gasteiger partial charge is 0.491 e. The molecule has 0 radical (unpaired) electrons. The van der Waals surface area contributed by atoms with Gasteiger partial charge >= 0.3 is 6.03 Å². The van der Waals surface area contributed by atoms with Crippen molar-refractivity contribution in [2.45, 2.75) is 33.0 Å². The third-order valence-corrected chi connectivity index (χ3v) is 4.06. The molecule has 9 nitrogen and oxygen atoms in total. The zero-order valence-electron chi connectivity index (χ0n) is 15.8. The molecule has 0 aliphatic rings. The lowest BCUT2D eigenvalue weighted by Crippen LogP contribution is -2.41. The predicted molar refractivity (Wildman–Crippen MR) is 105 cm³/mol. The van der Waals surface area contributed by atoms with E-state index in [2.05, 4.69) is 15.6 Å². The number of carbonyl (C=O) groups is 2. The van der Waals surface area contributed by atoms with Gasteiger partial charge in [-0.3, -0.25) is 4.79 Å². The minimum absolute atomic E-state index is 0.0734. The maximum Gasteiger partial charge on any atom is 0.315 e. The molecular formula is C18H25ClN4O5. The lowest BCUT2D eigenvalue weighted by molar-refractivity contribution is -0.122. The number of aliphatic hydroxyl groups is 1. The molecule has 1 heterocycles. The summed E-state index contributed by atoms with van der Waals surface area (Å²) in [6.45, 7) is 4.95. The van der Waals surface area contributed by atoms with Crippen molar-refractivity contribution >= 4 is 24.1 Å². The molecule has 0 aliphatic carbocycles. The van der Waals surface area contributed by atoms with E-state index in [0.29, 0.717) is 17.3 Å². The van der Waals surface area contributed by atoms with Gasteiger partial charge in [-0.1, -0.05) is 11.6 Å². The summed E-state index contributed by atoms with van der Waals surface area (Å²) in [7, 11) is 0. The summed E-state index contributed by atoms with van der Waals surface area (Å²) in [5.74, 6) is 0.623. The Bertz CT molecular complexity index is 753. The van der Waals surface area contributed by atoms with Crippen LogP contribution in [0.2, 0.25) is 5.02 Å². The van der Waals surface area contributed by atoms with Crippen LogP contribution < -0.4 is 15.4 Å². The maximum atomic E-state index is 11.8. The number of urea groups is 1. The van der Waals surface area contributed by atoms with E-state index < -0.39 is 6.10 Å². The smallest absolute Gasteiger partial charge is 0.315 e. The number of aryl methyl sites for hydroxylation is 2. The molecule has 1 aromatic carbocycles.